The van der Waals surface area contributed by atoms with Gasteiger partial charge in [-0.25, -0.2) is 4.68 Å². The van der Waals surface area contributed by atoms with E-state index in [0.29, 0.717) is 12.5 Å². The maximum atomic E-state index is 4.32. The molecule has 21 heavy (non-hydrogen) atoms. The second-order valence-electron chi connectivity index (χ2n) is 5.40. The van der Waals surface area contributed by atoms with Crippen molar-refractivity contribution in [1.82, 2.24) is 20.0 Å². The number of pyridine rings is 1. The summed E-state index contributed by atoms with van der Waals surface area (Å²) in [6.07, 6.45) is 5.62. The second-order valence-corrected chi connectivity index (χ2v) is 5.40. The lowest BCUT2D eigenvalue weighted by Gasteiger charge is -2.09. The number of hydrogen-bond donors (Lipinski definition) is 0. The fourth-order valence-electron chi connectivity index (χ4n) is 2.41. The van der Waals surface area contributed by atoms with Gasteiger partial charge < -0.3 is 0 Å². The zero-order chi connectivity index (χ0) is 14.7. The van der Waals surface area contributed by atoms with Crippen LogP contribution in [0.2, 0.25) is 0 Å². The molecule has 106 valence electrons. The molecule has 0 bridgehead atoms. The van der Waals surface area contributed by atoms with Crippen LogP contribution in [0.15, 0.2) is 55.0 Å². The Morgan fingerprint density at radius 3 is 2.71 bits per heavy atom. The van der Waals surface area contributed by atoms with Crippen LogP contribution in [0, 0.1) is 0 Å². The van der Waals surface area contributed by atoms with Crippen molar-refractivity contribution in [2.75, 3.05) is 0 Å². The molecule has 0 amide bonds. The molecule has 2 aromatic heterocycles. The van der Waals surface area contributed by atoms with Gasteiger partial charge in [-0.15, -0.1) is 5.10 Å². The lowest BCUT2D eigenvalue weighted by molar-refractivity contribution is 0.648. The van der Waals surface area contributed by atoms with Gasteiger partial charge in [0.1, 0.15) is 5.69 Å². The third-order valence-electron chi connectivity index (χ3n) is 3.46. The highest BCUT2D eigenvalue weighted by molar-refractivity contribution is 5.63. The maximum absolute atomic E-state index is 4.32. The molecule has 0 aliphatic heterocycles. The molecule has 0 spiro atoms. The molecule has 0 unspecified atom stereocenters. The average Bonchev–Trinajstić information content (AvgIpc) is 2.96. The van der Waals surface area contributed by atoms with Crippen molar-refractivity contribution in [1.29, 1.82) is 0 Å². The molecule has 0 saturated heterocycles. The van der Waals surface area contributed by atoms with E-state index in [1.165, 1.54) is 5.56 Å². The predicted octanol–water partition coefficient (Wildman–Crippen LogP) is 3.51. The van der Waals surface area contributed by atoms with Gasteiger partial charge in [0, 0.05) is 18.0 Å². The third kappa shape index (κ3) is 2.99. The van der Waals surface area contributed by atoms with Crippen LogP contribution >= 0.6 is 0 Å². The van der Waals surface area contributed by atoms with Crippen molar-refractivity contribution in [3.05, 3.63) is 66.1 Å². The Labute approximate surface area is 124 Å². The summed E-state index contributed by atoms with van der Waals surface area (Å²) >= 11 is 0. The van der Waals surface area contributed by atoms with Crippen LogP contribution in [-0.2, 0) is 6.54 Å². The molecule has 4 nitrogen and oxygen atoms in total. The predicted molar refractivity (Wildman–Crippen MR) is 82.9 cm³/mol. The minimum atomic E-state index is 0.463. The standard InChI is InChI=1S/C17H18N4/c1-13(2)15-7-3-4-8-16(15)17-12-21(20-19-17)11-14-6-5-9-18-10-14/h3-10,12-13H,11H2,1-2H3. The van der Waals surface area contributed by atoms with E-state index in [2.05, 4.69) is 47.3 Å². The normalized spacial score (nSPS) is 11.0. The van der Waals surface area contributed by atoms with Gasteiger partial charge in [-0.1, -0.05) is 49.4 Å². The fraction of sp³-hybridized carbons (Fsp3) is 0.235. The van der Waals surface area contributed by atoms with Gasteiger partial charge in [-0.2, -0.15) is 0 Å². The minimum absolute atomic E-state index is 0.463. The number of rotatable bonds is 4. The Morgan fingerprint density at radius 2 is 1.95 bits per heavy atom. The van der Waals surface area contributed by atoms with Crippen molar-refractivity contribution >= 4 is 0 Å². The highest BCUT2D eigenvalue weighted by Crippen LogP contribution is 2.27. The van der Waals surface area contributed by atoms with Crippen LogP contribution in [0.25, 0.3) is 11.3 Å². The van der Waals surface area contributed by atoms with Crippen LogP contribution < -0.4 is 0 Å². The van der Waals surface area contributed by atoms with E-state index in [1.807, 2.05) is 35.3 Å². The molecule has 0 atom stereocenters. The summed E-state index contributed by atoms with van der Waals surface area (Å²) in [4.78, 5) is 4.12. The van der Waals surface area contributed by atoms with Crippen molar-refractivity contribution in [2.45, 2.75) is 26.3 Å². The van der Waals surface area contributed by atoms with Gasteiger partial charge in [0.15, 0.2) is 0 Å². The molecule has 0 fully saturated rings. The smallest absolute Gasteiger partial charge is 0.113 e. The van der Waals surface area contributed by atoms with E-state index < -0.39 is 0 Å². The van der Waals surface area contributed by atoms with E-state index in [-0.39, 0.29) is 0 Å². The average molecular weight is 278 g/mol. The van der Waals surface area contributed by atoms with Crippen molar-refractivity contribution < 1.29 is 0 Å². The molecular formula is C17H18N4. The molecule has 0 aliphatic carbocycles. The Kier molecular flexibility index (Phi) is 3.77. The Hall–Kier alpha value is -2.49. The van der Waals surface area contributed by atoms with Gasteiger partial charge in [-0.3, -0.25) is 4.98 Å². The Balaban J connectivity index is 1.89. The van der Waals surface area contributed by atoms with Gasteiger partial charge in [-0.05, 0) is 23.1 Å². The number of hydrogen-bond acceptors (Lipinski definition) is 3. The maximum Gasteiger partial charge on any atom is 0.113 e. The van der Waals surface area contributed by atoms with Crippen molar-refractivity contribution in [3.63, 3.8) is 0 Å². The van der Waals surface area contributed by atoms with Crippen LogP contribution in [0.5, 0.6) is 0 Å². The summed E-state index contributed by atoms with van der Waals surface area (Å²) in [6.45, 7) is 5.07. The molecule has 0 saturated carbocycles. The molecule has 2 heterocycles. The fourth-order valence-corrected chi connectivity index (χ4v) is 2.41. The molecule has 0 aliphatic rings. The second kappa shape index (κ2) is 5.87. The van der Waals surface area contributed by atoms with E-state index in [1.54, 1.807) is 6.20 Å². The largest absolute Gasteiger partial charge is 0.264 e. The molecule has 3 aromatic rings. The van der Waals surface area contributed by atoms with Gasteiger partial charge in [0.05, 0.1) is 12.7 Å². The van der Waals surface area contributed by atoms with Crippen LogP contribution in [0.4, 0.5) is 0 Å². The Morgan fingerprint density at radius 1 is 1.10 bits per heavy atom. The number of aromatic nitrogens is 4. The first-order chi connectivity index (χ1) is 10.2. The zero-order valence-electron chi connectivity index (χ0n) is 12.3. The molecule has 0 radical (unpaired) electrons. The lowest BCUT2D eigenvalue weighted by Crippen LogP contribution is -2.00. The summed E-state index contributed by atoms with van der Waals surface area (Å²) in [6, 6.07) is 12.3. The first-order valence-electron chi connectivity index (χ1n) is 7.12. The quantitative estimate of drug-likeness (QED) is 0.733. The molecule has 0 N–H and O–H groups in total. The van der Waals surface area contributed by atoms with E-state index in [4.69, 9.17) is 0 Å². The van der Waals surface area contributed by atoms with Crippen LogP contribution in [0.1, 0.15) is 30.9 Å². The van der Waals surface area contributed by atoms with E-state index in [0.717, 1.165) is 16.8 Å². The zero-order valence-corrected chi connectivity index (χ0v) is 12.3. The van der Waals surface area contributed by atoms with Gasteiger partial charge in [0.2, 0.25) is 0 Å². The Bertz CT molecular complexity index is 716. The van der Waals surface area contributed by atoms with Crippen LogP contribution in [0.3, 0.4) is 0 Å². The summed E-state index contributed by atoms with van der Waals surface area (Å²) in [5, 5.41) is 8.55. The number of benzene rings is 1. The summed E-state index contributed by atoms with van der Waals surface area (Å²) in [7, 11) is 0. The SMILES string of the molecule is CC(C)c1ccccc1-c1cn(Cc2cccnc2)nn1. The van der Waals surface area contributed by atoms with Crippen molar-refractivity contribution in [2.24, 2.45) is 0 Å². The molecular weight excluding hydrogens is 260 g/mol. The number of nitrogens with zero attached hydrogens (tertiary/aromatic N) is 4. The summed E-state index contributed by atoms with van der Waals surface area (Å²) < 4.78 is 1.85. The van der Waals surface area contributed by atoms with Crippen LogP contribution in [-0.4, -0.2) is 20.0 Å². The van der Waals surface area contributed by atoms with Gasteiger partial charge >= 0.3 is 0 Å². The van der Waals surface area contributed by atoms with E-state index in [9.17, 15) is 0 Å². The highest BCUT2D eigenvalue weighted by atomic mass is 15.4. The van der Waals surface area contributed by atoms with Gasteiger partial charge in [0.25, 0.3) is 0 Å². The van der Waals surface area contributed by atoms with Crippen molar-refractivity contribution in [3.8, 4) is 11.3 Å². The first kappa shape index (κ1) is 13.5. The molecule has 3 rings (SSSR count). The summed E-state index contributed by atoms with van der Waals surface area (Å²) in [5.74, 6) is 0.463. The molecule has 4 heteroatoms. The third-order valence-corrected chi connectivity index (χ3v) is 3.46. The minimum Gasteiger partial charge on any atom is -0.264 e. The first-order valence-corrected chi connectivity index (χ1v) is 7.12. The monoisotopic (exact) mass is 278 g/mol. The van der Waals surface area contributed by atoms with E-state index >= 15 is 0 Å². The topological polar surface area (TPSA) is 43.6 Å². The lowest BCUT2D eigenvalue weighted by atomic mass is 9.96. The summed E-state index contributed by atoms with van der Waals surface area (Å²) in [5.41, 5.74) is 4.49. The highest BCUT2D eigenvalue weighted by Gasteiger charge is 2.11. The molecule has 1 aromatic carbocycles.